The van der Waals surface area contributed by atoms with Crippen LogP contribution in [-0.2, 0) is 0 Å². The Labute approximate surface area is 41.1 Å². The monoisotopic (exact) mass is 108 g/mol. The van der Waals surface area contributed by atoms with Gasteiger partial charge in [-0.25, -0.2) is 0 Å². The van der Waals surface area contributed by atoms with Gasteiger partial charge in [0.2, 0.25) is 0 Å². The summed E-state index contributed by atoms with van der Waals surface area (Å²) < 4.78 is 0. The lowest BCUT2D eigenvalue weighted by Crippen LogP contribution is -1.97. The Kier molecular flexibility index (Phi) is 12.3. The predicted molar refractivity (Wildman–Crippen MR) is 24.7 cm³/mol. The second kappa shape index (κ2) is 9.01. The van der Waals surface area contributed by atoms with Crippen LogP contribution < -0.4 is 0 Å². The van der Waals surface area contributed by atoms with Gasteiger partial charge in [0.15, 0.2) is 0 Å². The Morgan fingerprint density at radius 2 is 1.57 bits per heavy atom. The third-order valence-corrected chi connectivity index (χ3v) is 0.163. The summed E-state index contributed by atoms with van der Waals surface area (Å²) in [5.74, 6) is 0. The topological polar surface area (TPSA) is 73.1 Å². The van der Waals surface area contributed by atoms with Crippen molar-refractivity contribution in [2.45, 2.75) is 0 Å². The standard InChI is InChI=1S/C2H6N2O.H2O2/c1-4(2)3-5;1-2/h1-2H3;1-2H. The van der Waals surface area contributed by atoms with Gasteiger partial charge in [-0.15, -0.1) is 4.91 Å². The van der Waals surface area contributed by atoms with E-state index in [1.807, 2.05) is 0 Å². The molecule has 0 bridgehead atoms. The third-order valence-electron chi connectivity index (χ3n) is 0.163. The van der Waals surface area contributed by atoms with E-state index in [9.17, 15) is 4.91 Å². The third kappa shape index (κ3) is 33.7. The Hall–Kier alpha value is -0.680. The lowest BCUT2D eigenvalue weighted by atomic mass is 11.2. The van der Waals surface area contributed by atoms with E-state index in [0.717, 1.165) is 0 Å². The zero-order chi connectivity index (χ0) is 6.28. The minimum atomic E-state index is 1.19. The highest BCUT2D eigenvalue weighted by atomic mass is 17.0. The van der Waals surface area contributed by atoms with E-state index in [0.29, 0.717) is 0 Å². The van der Waals surface area contributed by atoms with Crippen molar-refractivity contribution >= 4 is 0 Å². The first kappa shape index (κ1) is 9.58. The lowest BCUT2D eigenvalue weighted by Gasteiger charge is -1.90. The largest absolute Gasteiger partial charge is 0.267 e. The van der Waals surface area contributed by atoms with Crippen molar-refractivity contribution in [1.82, 2.24) is 5.01 Å². The average Bonchev–Trinajstić information content (AvgIpc) is 1.73. The first-order valence-electron chi connectivity index (χ1n) is 1.48. The van der Waals surface area contributed by atoms with E-state index < -0.39 is 0 Å². The van der Waals surface area contributed by atoms with Gasteiger partial charge >= 0.3 is 0 Å². The van der Waals surface area contributed by atoms with Crippen molar-refractivity contribution < 1.29 is 10.5 Å². The number of hydrogen-bond donors (Lipinski definition) is 2. The van der Waals surface area contributed by atoms with Crippen LogP contribution in [-0.4, -0.2) is 29.6 Å². The van der Waals surface area contributed by atoms with Gasteiger partial charge in [0.05, 0.1) is 5.29 Å². The highest BCUT2D eigenvalue weighted by Gasteiger charge is 1.68. The molecular formula is C2H8N2O3. The summed E-state index contributed by atoms with van der Waals surface area (Å²) in [6.07, 6.45) is 0. The summed E-state index contributed by atoms with van der Waals surface area (Å²) in [4.78, 5) is 9.18. The first-order valence-corrected chi connectivity index (χ1v) is 1.48. The van der Waals surface area contributed by atoms with E-state index in [-0.39, 0.29) is 0 Å². The smallest absolute Gasteiger partial charge is 0.0518 e. The van der Waals surface area contributed by atoms with Crippen molar-refractivity contribution in [3.8, 4) is 0 Å². The van der Waals surface area contributed by atoms with E-state index >= 15 is 0 Å². The van der Waals surface area contributed by atoms with E-state index in [2.05, 4.69) is 5.29 Å². The van der Waals surface area contributed by atoms with Crippen LogP contribution in [0.15, 0.2) is 5.29 Å². The predicted octanol–water partition coefficient (Wildman–Crippen LogP) is 0.247. The molecule has 0 saturated carbocycles. The number of nitroso groups, excluding NO2 is 1. The Morgan fingerprint density at radius 3 is 1.57 bits per heavy atom. The van der Waals surface area contributed by atoms with Crippen molar-refractivity contribution in [2.24, 2.45) is 5.29 Å². The maximum Gasteiger partial charge on any atom is 0.0518 e. The molecule has 0 spiro atoms. The van der Waals surface area contributed by atoms with E-state index in [1.165, 1.54) is 5.01 Å². The fraction of sp³-hybridized carbons (Fsp3) is 1.00. The zero-order valence-electron chi connectivity index (χ0n) is 4.20. The van der Waals surface area contributed by atoms with Crippen LogP contribution in [0.4, 0.5) is 0 Å². The van der Waals surface area contributed by atoms with Crippen LogP contribution >= 0.6 is 0 Å². The molecule has 2 N–H and O–H groups in total. The van der Waals surface area contributed by atoms with Gasteiger partial charge in [-0.2, -0.15) is 0 Å². The van der Waals surface area contributed by atoms with Crippen LogP contribution in [0.5, 0.6) is 0 Å². The van der Waals surface area contributed by atoms with Crippen molar-refractivity contribution in [3.05, 3.63) is 4.91 Å². The minimum absolute atomic E-state index is 1.19. The molecule has 0 aromatic heterocycles. The summed E-state index contributed by atoms with van der Waals surface area (Å²) in [7, 11) is 3.15. The van der Waals surface area contributed by atoms with Crippen LogP contribution in [0, 0.1) is 4.91 Å². The summed E-state index contributed by atoms with van der Waals surface area (Å²) in [5.41, 5.74) is 0. The van der Waals surface area contributed by atoms with E-state index in [4.69, 9.17) is 10.5 Å². The second-order valence-corrected chi connectivity index (χ2v) is 0.929. The van der Waals surface area contributed by atoms with E-state index in [1.54, 1.807) is 14.1 Å². The molecule has 0 heterocycles. The molecule has 0 atom stereocenters. The molecule has 0 aromatic carbocycles. The maximum atomic E-state index is 9.18. The SMILES string of the molecule is CN(C)N=O.OO. The van der Waals surface area contributed by atoms with Crippen molar-refractivity contribution in [1.29, 1.82) is 0 Å². The molecular weight excluding hydrogens is 100 g/mol. The van der Waals surface area contributed by atoms with Crippen LogP contribution in [0.3, 0.4) is 0 Å². The maximum absolute atomic E-state index is 9.18. The van der Waals surface area contributed by atoms with Crippen LogP contribution in [0.1, 0.15) is 0 Å². The zero-order valence-corrected chi connectivity index (χ0v) is 4.20. The molecule has 0 saturated heterocycles. The second-order valence-electron chi connectivity index (χ2n) is 0.929. The van der Waals surface area contributed by atoms with Crippen LogP contribution in [0.2, 0.25) is 0 Å². The molecule has 0 amide bonds. The first-order chi connectivity index (χ1) is 3.27. The molecule has 0 aliphatic carbocycles. The molecule has 44 valence electrons. The molecule has 0 aliphatic heterocycles. The van der Waals surface area contributed by atoms with Crippen LogP contribution in [0.25, 0.3) is 0 Å². The lowest BCUT2D eigenvalue weighted by molar-refractivity contribution is -0.176. The van der Waals surface area contributed by atoms with Crippen molar-refractivity contribution in [2.75, 3.05) is 14.1 Å². The molecule has 0 aromatic rings. The molecule has 5 heteroatoms. The average molecular weight is 108 g/mol. The number of nitrogens with zero attached hydrogens (tertiary/aromatic N) is 2. The molecule has 0 aliphatic rings. The highest BCUT2D eigenvalue weighted by Crippen LogP contribution is 1.64. The fourth-order valence-corrected chi connectivity index (χ4v) is 0. The normalized spacial score (nSPS) is 5.71. The number of hydrogen-bond acceptors (Lipinski definition) is 4. The molecule has 0 unspecified atom stereocenters. The molecule has 0 fully saturated rings. The summed E-state index contributed by atoms with van der Waals surface area (Å²) in [6, 6.07) is 0. The minimum Gasteiger partial charge on any atom is -0.267 e. The van der Waals surface area contributed by atoms with Gasteiger partial charge in [-0.3, -0.25) is 15.5 Å². The summed E-state index contributed by atoms with van der Waals surface area (Å²) in [6.45, 7) is 0. The Morgan fingerprint density at radius 1 is 1.43 bits per heavy atom. The molecule has 5 nitrogen and oxygen atoms in total. The van der Waals surface area contributed by atoms with Gasteiger partial charge in [0, 0.05) is 14.1 Å². The van der Waals surface area contributed by atoms with Gasteiger partial charge in [-0.05, 0) is 0 Å². The summed E-state index contributed by atoms with van der Waals surface area (Å²) >= 11 is 0. The molecule has 7 heavy (non-hydrogen) atoms. The van der Waals surface area contributed by atoms with Gasteiger partial charge in [-0.1, -0.05) is 0 Å². The van der Waals surface area contributed by atoms with Gasteiger partial charge < -0.3 is 0 Å². The Bertz CT molecular complexity index is 37.9. The molecule has 0 rings (SSSR count). The summed E-state index contributed by atoms with van der Waals surface area (Å²) in [5, 5.41) is 15.7. The number of rotatable bonds is 1. The molecule has 0 radical (unpaired) electrons. The highest BCUT2D eigenvalue weighted by molar-refractivity contribution is 4.16. The van der Waals surface area contributed by atoms with Gasteiger partial charge in [0.25, 0.3) is 0 Å². The quantitative estimate of drug-likeness (QED) is 0.287. The van der Waals surface area contributed by atoms with Crippen molar-refractivity contribution in [3.63, 3.8) is 0 Å². The fourth-order valence-electron chi connectivity index (χ4n) is 0. The Balaban J connectivity index is 0. The van der Waals surface area contributed by atoms with Gasteiger partial charge in [0.1, 0.15) is 0 Å².